The molecule has 4 aromatic rings. The van der Waals surface area contributed by atoms with Crippen LogP contribution in [0.4, 0.5) is 4.79 Å². The van der Waals surface area contributed by atoms with Crippen LogP contribution in [0.25, 0.3) is 22.0 Å². The van der Waals surface area contributed by atoms with E-state index in [0.717, 1.165) is 38.9 Å². The van der Waals surface area contributed by atoms with Gasteiger partial charge in [-0.3, -0.25) is 4.79 Å². The number of hydrogen-bond donors (Lipinski definition) is 1. The van der Waals surface area contributed by atoms with Gasteiger partial charge in [0.25, 0.3) is 0 Å². The lowest BCUT2D eigenvalue weighted by molar-refractivity contribution is -0.123. The van der Waals surface area contributed by atoms with Crippen molar-refractivity contribution < 1.29 is 19.1 Å². The summed E-state index contributed by atoms with van der Waals surface area (Å²) in [5.74, 6) is 0.219. The Bertz CT molecular complexity index is 1740. The number of allylic oxidation sites excluding steroid dienone is 1. The van der Waals surface area contributed by atoms with Crippen LogP contribution in [0.5, 0.6) is 5.88 Å². The molecule has 0 fully saturated rings. The summed E-state index contributed by atoms with van der Waals surface area (Å²) in [4.78, 5) is 35.9. The van der Waals surface area contributed by atoms with E-state index in [4.69, 9.17) is 32.7 Å². The number of hydrogen-bond acceptors (Lipinski definition) is 5. The zero-order valence-corrected chi connectivity index (χ0v) is 28.6. The number of carbonyl (C=O) groups is 2. The van der Waals surface area contributed by atoms with E-state index in [0.29, 0.717) is 22.3 Å². The number of rotatable bonds is 11. The molecule has 0 saturated carbocycles. The quantitative estimate of drug-likeness (QED) is 0.163. The summed E-state index contributed by atoms with van der Waals surface area (Å²) < 4.78 is 11.5. The summed E-state index contributed by atoms with van der Waals surface area (Å²) >= 11 is 13.7. The van der Waals surface area contributed by atoms with Crippen LogP contribution in [0.3, 0.4) is 0 Å². The van der Waals surface area contributed by atoms with Crippen LogP contribution in [0.2, 0.25) is 10.0 Å². The number of nitrogens with zero attached hydrogens (tertiary/aromatic N) is 3. The standard InChI is InChI=1S/C36H40Cl2N4O4/c1-7-25(26-13-8-10-15-28(26)37)32(34-33(38)27-14-9-11-16-29(27)40-34)24-18-19-30(39-23-24)45-22-21-42(35(44)46-36(2,3)4)20-12-17-31(43)41(5)6/h8-19,23,40H,7,20-22H2,1-6H3/b17-12+,32-25+. The molecule has 0 aliphatic heterocycles. The van der Waals surface area contributed by atoms with Crippen LogP contribution in [0.1, 0.15) is 50.9 Å². The van der Waals surface area contributed by atoms with Crippen molar-refractivity contribution in [3.8, 4) is 5.88 Å². The molecule has 8 nitrogen and oxygen atoms in total. The highest BCUT2D eigenvalue weighted by molar-refractivity contribution is 6.38. The van der Waals surface area contributed by atoms with E-state index < -0.39 is 11.7 Å². The van der Waals surface area contributed by atoms with Gasteiger partial charge in [-0.2, -0.15) is 0 Å². The molecule has 1 N–H and O–H groups in total. The van der Waals surface area contributed by atoms with E-state index >= 15 is 0 Å². The molecule has 2 heterocycles. The average molecular weight is 664 g/mol. The van der Waals surface area contributed by atoms with Gasteiger partial charge in [0.15, 0.2) is 0 Å². The first-order valence-corrected chi connectivity index (χ1v) is 15.8. The van der Waals surface area contributed by atoms with Crippen molar-refractivity contribution in [2.24, 2.45) is 0 Å². The third-order valence-electron chi connectivity index (χ3n) is 7.06. The SMILES string of the molecule is CC/C(=C(/c1ccc(OCCN(C/C=C/C(=O)N(C)C)C(=O)OC(C)(C)C)nc1)c1[nH]c2ccccc2c1Cl)c1ccccc1Cl. The number of halogens is 2. The molecule has 2 amide bonds. The van der Waals surface area contributed by atoms with E-state index in [2.05, 4.69) is 16.9 Å². The minimum atomic E-state index is -0.669. The molecular weight excluding hydrogens is 623 g/mol. The summed E-state index contributed by atoms with van der Waals surface area (Å²) in [6, 6.07) is 19.4. The van der Waals surface area contributed by atoms with E-state index in [9.17, 15) is 9.59 Å². The lowest BCUT2D eigenvalue weighted by Gasteiger charge is -2.26. The number of likely N-dealkylation sites (N-methyl/N-ethyl adjacent to an activating group) is 1. The number of aromatic nitrogens is 2. The van der Waals surface area contributed by atoms with Gasteiger partial charge in [0.2, 0.25) is 11.8 Å². The molecule has 0 bridgehead atoms. The number of fused-ring (bicyclic) bond motifs is 1. The van der Waals surface area contributed by atoms with Crippen molar-refractivity contribution in [1.82, 2.24) is 19.8 Å². The van der Waals surface area contributed by atoms with E-state index in [-0.39, 0.29) is 25.6 Å². The van der Waals surface area contributed by atoms with Crippen molar-refractivity contribution in [3.05, 3.63) is 106 Å². The van der Waals surface area contributed by atoms with Crippen molar-refractivity contribution in [1.29, 1.82) is 0 Å². The van der Waals surface area contributed by atoms with E-state index in [1.165, 1.54) is 15.9 Å². The molecular formula is C36H40Cl2N4O4. The fraction of sp³-hybridized carbons (Fsp3) is 0.306. The maximum atomic E-state index is 12.9. The molecule has 0 aliphatic rings. The summed E-state index contributed by atoms with van der Waals surface area (Å²) in [5.41, 5.74) is 4.71. The number of benzene rings is 2. The molecule has 0 aliphatic carbocycles. The number of carbonyl (C=O) groups excluding carboxylic acids is 2. The fourth-order valence-electron chi connectivity index (χ4n) is 4.84. The maximum absolute atomic E-state index is 12.9. The second kappa shape index (κ2) is 15.3. The van der Waals surface area contributed by atoms with Gasteiger partial charge in [0.1, 0.15) is 12.2 Å². The third-order valence-corrected chi connectivity index (χ3v) is 7.78. The average Bonchev–Trinajstić information content (AvgIpc) is 3.34. The Labute approximate surface area is 280 Å². The molecule has 10 heteroatoms. The molecule has 2 aromatic carbocycles. The van der Waals surface area contributed by atoms with Gasteiger partial charge >= 0.3 is 6.09 Å². The smallest absolute Gasteiger partial charge is 0.410 e. The molecule has 242 valence electrons. The van der Waals surface area contributed by atoms with Crippen LogP contribution in [0.15, 0.2) is 79.0 Å². The second-order valence-corrected chi connectivity index (χ2v) is 12.6. The van der Waals surface area contributed by atoms with Crippen molar-refractivity contribution in [2.75, 3.05) is 33.8 Å². The number of H-pyrrole nitrogens is 1. The van der Waals surface area contributed by atoms with E-state index in [1.807, 2.05) is 54.6 Å². The Kier molecular flexibility index (Phi) is 11.5. The van der Waals surface area contributed by atoms with Gasteiger partial charge < -0.3 is 24.3 Å². The molecule has 0 radical (unpaired) electrons. The predicted molar refractivity (Wildman–Crippen MR) is 186 cm³/mol. The monoisotopic (exact) mass is 662 g/mol. The minimum absolute atomic E-state index is 0.164. The molecule has 46 heavy (non-hydrogen) atoms. The van der Waals surface area contributed by atoms with Crippen molar-refractivity contribution >= 4 is 57.3 Å². The maximum Gasteiger partial charge on any atom is 0.410 e. The Balaban J connectivity index is 1.60. The first-order valence-electron chi connectivity index (χ1n) is 15.1. The normalized spacial score (nSPS) is 12.3. The second-order valence-electron chi connectivity index (χ2n) is 11.8. The number of para-hydroxylation sites is 1. The number of pyridine rings is 1. The minimum Gasteiger partial charge on any atom is -0.476 e. The Morgan fingerprint density at radius 2 is 1.72 bits per heavy atom. The summed E-state index contributed by atoms with van der Waals surface area (Å²) in [6.45, 7) is 8.07. The largest absolute Gasteiger partial charge is 0.476 e. The highest BCUT2D eigenvalue weighted by Crippen LogP contribution is 2.41. The number of ether oxygens (including phenoxy) is 2. The highest BCUT2D eigenvalue weighted by atomic mass is 35.5. The zero-order chi connectivity index (χ0) is 33.4. The number of nitrogens with one attached hydrogen (secondary N) is 1. The van der Waals surface area contributed by atoms with Crippen LogP contribution in [0, 0.1) is 0 Å². The fourth-order valence-corrected chi connectivity index (χ4v) is 5.40. The Hall–Kier alpha value is -4.27. The first-order chi connectivity index (χ1) is 21.9. The number of amides is 2. The van der Waals surface area contributed by atoms with Gasteiger partial charge in [-0.25, -0.2) is 9.78 Å². The van der Waals surface area contributed by atoms with Gasteiger partial charge in [-0.1, -0.05) is 72.6 Å². The van der Waals surface area contributed by atoms with Crippen LogP contribution in [-0.2, 0) is 9.53 Å². The van der Waals surface area contributed by atoms with Crippen molar-refractivity contribution in [2.45, 2.75) is 39.7 Å². The van der Waals surface area contributed by atoms with Crippen molar-refractivity contribution in [3.63, 3.8) is 0 Å². The van der Waals surface area contributed by atoms with Gasteiger partial charge in [-0.15, -0.1) is 0 Å². The first kappa shape index (κ1) is 34.6. The van der Waals surface area contributed by atoms with Gasteiger partial charge in [0, 0.05) is 66.0 Å². The zero-order valence-electron chi connectivity index (χ0n) is 27.1. The Morgan fingerprint density at radius 3 is 2.35 bits per heavy atom. The third kappa shape index (κ3) is 8.71. The topological polar surface area (TPSA) is 87.8 Å². The Morgan fingerprint density at radius 1 is 1.00 bits per heavy atom. The molecule has 0 unspecified atom stereocenters. The van der Waals surface area contributed by atoms with Crippen LogP contribution >= 0.6 is 23.2 Å². The lowest BCUT2D eigenvalue weighted by atomic mass is 9.91. The number of aromatic amines is 1. The molecule has 0 saturated heterocycles. The molecule has 0 spiro atoms. The molecule has 2 aromatic heterocycles. The molecule has 4 rings (SSSR count). The summed E-state index contributed by atoms with van der Waals surface area (Å²) in [6.07, 6.45) is 5.00. The van der Waals surface area contributed by atoms with Gasteiger partial charge in [-0.05, 0) is 56.5 Å². The lowest BCUT2D eigenvalue weighted by Crippen LogP contribution is -2.39. The van der Waals surface area contributed by atoms with E-state index in [1.54, 1.807) is 53.2 Å². The summed E-state index contributed by atoms with van der Waals surface area (Å²) in [7, 11) is 3.33. The highest BCUT2D eigenvalue weighted by Gasteiger charge is 2.23. The summed E-state index contributed by atoms with van der Waals surface area (Å²) in [5, 5.41) is 2.19. The predicted octanol–water partition coefficient (Wildman–Crippen LogP) is 8.50. The molecule has 0 atom stereocenters. The van der Waals surface area contributed by atoms with Crippen LogP contribution < -0.4 is 4.74 Å². The van der Waals surface area contributed by atoms with Gasteiger partial charge in [0.05, 0.1) is 17.3 Å². The van der Waals surface area contributed by atoms with Crippen LogP contribution in [-0.4, -0.2) is 71.2 Å².